The predicted octanol–water partition coefficient (Wildman–Crippen LogP) is 5.56. The number of furan rings is 1. The van der Waals surface area contributed by atoms with Crippen molar-refractivity contribution in [2.75, 3.05) is 6.79 Å². The first-order valence-corrected chi connectivity index (χ1v) is 12.0. The lowest BCUT2D eigenvalue weighted by Gasteiger charge is -2.09. The van der Waals surface area contributed by atoms with Crippen LogP contribution in [0.1, 0.15) is 27.2 Å². The van der Waals surface area contributed by atoms with Crippen LogP contribution < -0.4 is 20.2 Å². The number of ether oxygens (including phenoxy) is 2. The summed E-state index contributed by atoms with van der Waals surface area (Å²) in [6.45, 7) is 2.05. The average Bonchev–Trinajstić information content (AvgIpc) is 3.60. The molecule has 1 aliphatic heterocycles. The second kappa shape index (κ2) is 11.1. The minimum Gasteiger partial charge on any atom is -0.455 e. The summed E-state index contributed by atoms with van der Waals surface area (Å²) in [5.74, 6) is 1.13. The van der Waals surface area contributed by atoms with Crippen LogP contribution in [-0.2, 0) is 4.79 Å². The molecule has 38 heavy (non-hydrogen) atoms. The topological polar surface area (TPSA) is 102 Å². The molecule has 0 aliphatic carbocycles. The molecule has 0 saturated heterocycles. The Morgan fingerprint density at radius 3 is 2.58 bits per heavy atom. The number of hydrogen-bond acceptors (Lipinski definition) is 6. The van der Waals surface area contributed by atoms with Gasteiger partial charge in [0.25, 0.3) is 11.8 Å². The number of rotatable bonds is 7. The van der Waals surface area contributed by atoms with E-state index in [0.717, 1.165) is 11.1 Å². The molecule has 4 aromatic rings. The average molecular weight is 528 g/mol. The van der Waals surface area contributed by atoms with Gasteiger partial charge in [0.1, 0.15) is 17.2 Å². The molecule has 190 valence electrons. The standard InChI is InChI=1S/C29H22ClN3O5/c1-18-7-9-21(15-23(18)30)25-12-10-22(38-25)16-31-33-29(35)24(32-28(34)20-5-3-2-4-6-20)13-19-8-11-26-27(14-19)37-17-36-26/h2-16H,17H2,1H3,(H,32,34)(H,33,35)/b24-13+,31-16-. The summed E-state index contributed by atoms with van der Waals surface area (Å²) in [6, 6.07) is 22.9. The van der Waals surface area contributed by atoms with Crippen LogP contribution >= 0.6 is 11.6 Å². The van der Waals surface area contributed by atoms with Gasteiger partial charge in [0, 0.05) is 16.1 Å². The molecule has 0 spiro atoms. The number of benzene rings is 3. The zero-order chi connectivity index (χ0) is 26.5. The molecule has 3 aromatic carbocycles. The lowest BCUT2D eigenvalue weighted by molar-refractivity contribution is -0.117. The van der Waals surface area contributed by atoms with Crippen LogP contribution in [0.4, 0.5) is 0 Å². The lowest BCUT2D eigenvalue weighted by Crippen LogP contribution is -2.32. The van der Waals surface area contributed by atoms with Gasteiger partial charge >= 0.3 is 0 Å². The fourth-order valence-corrected chi connectivity index (χ4v) is 3.83. The highest BCUT2D eigenvalue weighted by Crippen LogP contribution is 2.33. The van der Waals surface area contributed by atoms with Gasteiger partial charge in [-0.1, -0.05) is 48.0 Å². The van der Waals surface area contributed by atoms with E-state index in [-0.39, 0.29) is 12.5 Å². The smallest absolute Gasteiger partial charge is 0.287 e. The Labute approximate surface area is 223 Å². The second-order valence-electron chi connectivity index (χ2n) is 8.36. The number of halogens is 1. The van der Waals surface area contributed by atoms with Crippen LogP contribution in [0.5, 0.6) is 11.5 Å². The highest BCUT2D eigenvalue weighted by Gasteiger charge is 2.17. The zero-order valence-electron chi connectivity index (χ0n) is 20.2. The Balaban J connectivity index is 1.33. The van der Waals surface area contributed by atoms with E-state index in [4.69, 9.17) is 25.5 Å². The van der Waals surface area contributed by atoms with Crippen molar-refractivity contribution in [2.45, 2.75) is 6.92 Å². The Bertz CT molecular complexity index is 1560. The van der Waals surface area contributed by atoms with Crippen molar-refractivity contribution in [1.82, 2.24) is 10.7 Å². The molecular weight excluding hydrogens is 506 g/mol. The fraction of sp³-hybridized carbons (Fsp3) is 0.0690. The van der Waals surface area contributed by atoms with Gasteiger partial charge < -0.3 is 19.2 Å². The highest BCUT2D eigenvalue weighted by atomic mass is 35.5. The largest absolute Gasteiger partial charge is 0.455 e. The Morgan fingerprint density at radius 1 is 0.947 bits per heavy atom. The van der Waals surface area contributed by atoms with E-state index in [1.807, 2.05) is 25.1 Å². The first kappa shape index (κ1) is 24.9. The minimum atomic E-state index is -0.625. The Hall–Kier alpha value is -4.82. The van der Waals surface area contributed by atoms with E-state index in [1.165, 1.54) is 12.3 Å². The van der Waals surface area contributed by atoms with Crippen LogP contribution in [-0.4, -0.2) is 24.8 Å². The normalized spacial score (nSPS) is 12.5. The van der Waals surface area contributed by atoms with E-state index in [1.54, 1.807) is 60.7 Å². The van der Waals surface area contributed by atoms with Gasteiger partial charge in [-0.15, -0.1) is 0 Å². The van der Waals surface area contributed by atoms with E-state index >= 15 is 0 Å². The van der Waals surface area contributed by atoms with Crippen LogP contribution in [0.25, 0.3) is 17.4 Å². The lowest BCUT2D eigenvalue weighted by atomic mass is 10.1. The zero-order valence-corrected chi connectivity index (χ0v) is 21.0. The maximum absolute atomic E-state index is 13.0. The van der Waals surface area contributed by atoms with Gasteiger partial charge in [0.2, 0.25) is 6.79 Å². The van der Waals surface area contributed by atoms with E-state index in [0.29, 0.717) is 39.2 Å². The second-order valence-corrected chi connectivity index (χ2v) is 8.76. The molecule has 0 bridgehead atoms. The third-order valence-electron chi connectivity index (χ3n) is 5.68. The van der Waals surface area contributed by atoms with Gasteiger partial charge in [-0.2, -0.15) is 5.10 Å². The molecule has 5 rings (SSSR count). The number of hydrogen-bond donors (Lipinski definition) is 2. The third kappa shape index (κ3) is 5.77. The summed E-state index contributed by atoms with van der Waals surface area (Å²) < 4.78 is 16.5. The summed E-state index contributed by atoms with van der Waals surface area (Å²) >= 11 is 6.22. The maximum Gasteiger partial charge on any atom is 0.287 e. The quantitative estimate of drug-likeness (QED) is 0.186. The third-order valence-corrected chi connectivity index (χ3v) is 6.08. The molecule has 2 amide bonds. The molecule has 9 heteroatoms. The summed E-state index contributed by atoms with van der Waals surface area (Å²) in [4.78, 5) is 25.8. The van der Waals surface area contributed by atoms with E-state index < -0.39 is 11.8 Å². The van der Waals surface area contributed by atoms with Gasteiger partial charge in [0.05, 0.1) is 6.21 Å². The molecule has 0 atom stereocenters. The first-order valence-electron chi connectivity index (χ1n) is 11.6. The van der Waals surface area contributed by atoms with Crippen molar-refractivity contribution in [1.29, 1.82) is 0 Å². The summed E-state index contributed by atoms with van der Waals surface area (Å²) in [7, 11) is 0. The molecule has 8 nitrogen and oxygen atoms in total. The molecule has 1 aromatic heterocycles. The number of carbonyl (C=O) groups excluding carboxylic acids is 2. The van der Waals surface area contributed by atoms with E-state index in [9.17, 15) is 9.59 Å². The minimum absolute atomic E-state index is 0.00991. The van der Waals surface area contributed by atoms with Crippen molar-refractivity contribution in [3.8, 4) is 22.8 Å². The monoisotopic (exact) mass is 527 g/mol. The molecule has 2 heterocycles. The van der Waals surface area contributed by atoms with E-state index in [2.05, 4.69) is 15.8 Å². The van der Waals surface area contributed by atoms with Crippen molar-refractivity contribution >= 4 is 35.7 Å². The summed E-state index contributed by atoms with van der Waals surface area (Å²) in [5.41, 5.74) is 5.25. The van der Waals surface area contributed by atoms with Crippen molar-refractivity contribution in [2.24, 2.45) is 5.10 Å². The van der Waals surface area contributed by atoms with Crippen LogP contribution in [0.2, 0.25) is 5.02 Å². The summed E-state index contributed by atoms with van der Waals surface area (Å²) in [5, 5.41) is 7.30. The Morgan fingerprint density at radius 2 is 1.76 bits per heavy atom. The van der Waals surface area contributed by atoms with Crippen LogP contribution in [0, 0.1) is 6.92 Å². The predicted molar refractivity (Wildman–Crippen MR) is 144 cm³/mol. The van der Waals surface area contributed by atoms with Crippen LogP contribution in [0.15, 0.2) is 94.1 Å². The Kier molecular flexibility index (Phi) is 7.24. The van der Waals surface area contributed by atoms with Gasteiger partial charge in [-0.3, -0.25) is 9.59 Å². The molecule has 0 fully saturated rings. The number of fused-ring (bicyclic) bond motifs is 1. The van der Waals surface area contributed by atoms with Crippen molar-refractivity contribution in [3.63, 3.8) is 0 Å². The number of hydrazone groups is 1. The van der Waals surface area contributed by atoms with Crippen molar-refractivity contribution in [3.05, 3.63) is 112 Å². The van der Waals surface area contributed by atoms with Gasteiger partial charge in [-0.25, -0.2) is 5.43 Å². The van der Waals surface area contributed by atoms with Gasteiger partial charge in [0.15, 0.2) is 11.5 Å². The molecule has 0 unspecified atom stereocenters. The molecule has 0 radical (unpaired) electrons. The number of nitrogens with zero attached hydrogens (tertiary/aromatic N) is 1. The SMILES string of the molecule is Cc1ccc(-c2ccc(/C=N\NC(=O)/C(=C\c3ccc4c(c3)OCO4)NC(=O)c3ccccc3)o2)cc1Cl. The fourth-order valence-electron chi connectivity index (χ4n) is 3.65. The molecular formula is C29H22ClN3O5. The van der Waals surface area contributed by atoms with Crippen LogP contribution in [0.3, 0.4) is 0 Å². The number of carbonyl (C=O) groups is 2. The number of nitrogens with one attached hydrogen (secondary N) is 2. The maximum atomic E-state index is 13.0. The van der Waals surface area contributed by atoms with Gasteiger partial charge in [-0.05, 0) is 66.6 Å². The molecule has 2 N–H and O–H groups in total. The highest BCUT2D eigenvalue weighted by molar-refractivity contribution is 6.31. The number of aryl methyl sites for hydroxylation is 1. The summed E-state index contributed by atoms with van der Waals surface area (Å²) in [6.07, 6.45) is 2.90. The number of amides is 2. The van der Waals surface area contributed by atoms with Crippen molar-refractivity contribution < 1.29 is 23.5 Å². The molecule has 0 saturated carbocycles. The molecule has 1 aliphatic rings. The first-order chi connectivity index (χ1) is 18.5.